The molecule has 1 unspecified atom stereocenters. The number of esters is 1. The van der Waals surface area contributed by atoms with Crippen LogP contribution in [0.2, 0.25) is 0 Å². The predicted octanol–water partition coefficient (Wildman–Crippen LogP) is 2.94. The maximum absolute atomic E-state index is 12.9. The zero-order chi connectivity index (χ0) is 20.2. The van der Waals surface area contributed by atoms with Gasteiger partial charge >= 0.3 is 5.97 Å². The van der Waals surface area contributed by atoms with E-state index < -0.39 is 12.0 Å². The third-order valence-corrected chi connectivity index (χ3v) is 5.31. The number of halogens is 1. The van der Waals surface area contributed by atoms with Gasteiger partial charge in [0.2, 0.25) is 5.91 Å². The van der Waals surface area contributed by atoms with Crippen molar-refractivity contribution in [3.63, 3.8) is 0 Å². The van der Waals surface area contributed by atoms with Crippen LogP contribution in [-0.2, 0) is 14.3 Å². The molecular formula is C20H27BrN2O4. The second kappa shape index (κ2) is 8.97. The average molecular weight is 439 g/mol. The maximum atomic E-state index is 12.9. The monoisotopic (exact) mass is 438 g/mol. The normalized spacial score (nSPS) is 18.8. The molecule has 1 aliphatic rings. The highest BCUT2D eigenvalue weighted by Gasteiger charge is 2.38. The summed E-state index contributed by atoms with van der Waals surface area (Å²) in [5, 5.41) is 2.80. The molecule has 0 aliphatic carbocycles. The molecule has 0 bridgehead atoms. The summed E-state index contributed by atoms with van der Waals surface area (Å²) in [6, 6.07) is 5.58. The molecule has 1 aromatic rings. The number of ketones is 1. The van der Waals surface area contributed by atoms with Crippen LogP contribution in [0.1, 0.15) is 50.4 Å². The number of nitrogens with one attached hydrogen (secondary N) is 1. The van der Waals surface area contributed by atoms with Crippen molar-refractivity contribution in [1.82, 2.24) is 10.2 Å². The molecular weight excluding hydrogens is 412 g/mol. The summed E-state index contributed by atoms with van der Waals surface area (Å²) in [7, 11) is 1.27. The highest BCUT2D eigenvalue weighted by molar-refractivity contribution is 9.10. The van der Waals surface area contributed by atoms with Crippen molar-refractivity contribution in [2.45, 2.75) is 57.7 Å². The minimum Gasteiger partial charge on any atom is -0.469 e. The molecule has 1 N–H and O–H groups in total. The summed E-state index contributed by atoms with van der Waals surface area (Å²) in [6.45, 7) is 7.04. The molecule has 7 heteroatoms. The molecule has 0 spiro atoms. The van der Waals surface area contributed by atoms with Crippen LogP contribution in [0, 0.1) is 0 Å². The lowest BCUT2D eigenvalue weighted by Crippen LogP contribution is -2.54. The number of amides is 1. The number of rotatable bonds is 6. The molecule has 6 nitrogen and oxygen atoms in total. The van der Waals surface area contributed by atoms with Gasteiger partial charge in [0.25, 0.3) is 0 Å². The Morgan fingerprint density at radius 1 is 1.26 bits per heavy atom. The molecule has 1 amide bonds. The number of Topliss-reactive ketones (excluding diaryl/α,β-unsaturated/α-hetero) is 1. The van der Waals surface area contributed by atoms with Gasteiger partial charge in [-0.15, -0.1) is 0 Å². The summed E-state index contributed by atoms with van der Waals surface area (Å²) in [6.07, 6.45) is 1.47. The molecule has 0 saturated carbocycles. The first-order valence-electron chi connectivity index (χ1n) is 9.07. The Morgan fingerprint density at radius 3 is 2.44 bits per heavy atom. The van der Waals surface area contributed by atoms with Crippen molar-refractivity contribution >= 4 is 33.6 Å². The van der Waals surface area contributed by atoms with Gasteiger partial charge in [-0.05, 0) is 52.3 Å². The van der Waals surface area contributed by atoms with Crippen molar-refractivity contribution in [2.75, 3.05) is 13.7 Å². The van der Waals surface area contributed by atoms with E-state index in [4.69, 9.17) is 4.74 Å². The topological polar surface area (TPSA) is 75.7 Å². The van der Waals surface area contributed by atoms with E-state index in [1.54, 1.807) is 24.3 Å². The van der Waals surface area contributed by atoms with Gasteiger partial charge in [0.05, 0.1) is 19.6 Å². The quantitative estimate of drug-likeness (QED) is 0.545. The zero-order valence-electron chi connectivity index (χ0n) is 16.3. The van der Waals surface area contributed by atoms with E-state index in [0.29, 0.717) is 5.56 Å². The van der Waals surface area contributed by atoms with Crippen LogP contribution >= 0.6 is 15.9 Å². The molecule has 148 valence electrons. The molecule has 27 heavy (non-hydrogen) atoms. The lowest BCUT2D eigenvalue weighted by molar-refractivity contribution is -0.141. The number of carbonyl (C=O) groups is 3. The molecule has 0 aromatic heterocycles. The van der Waals surface area contributed by atoms with Crippen LogP contribution in [0.15, 0.2) is 28.7 Å². The van der Waals surface area contributed by atoms with Gasteiger partial charge in [-0.3, -0.25) is 19.3 Å². The number of nitrogens with zero attached hydrogens (tertiary/aromatic N) is 1. The fourth-order valence-electron chi connectivity index (χ4n) is 3.38. The second-order valence-electron chi connectivity index (χ2n) is 7.73. The molecule has 1 aromatic carbocycles. The Labute approximate surface area is 168 Å². The first kappa shape index (κ1) is 21.6. The Bertz CT molecular complexity index is 697. The van der Waals surface area contributed by atoms with Gasteiger partial charge in [-0.25, -0.2) is 0 Å². The number of hydrogen-bond acceptors (Lipinski definition) is 5. The number of ether oxygens (including phenoxy) is 1. The smallest absolute Gasteiger partial charge is 0.308 e. The maximum Gasteiger partial charge on any atom is 0.308 e. The van der Waals surface area contributed by atoms with Gasteiger partial charge in [-0.2, -0.15) is 0 Å². The van der Waals surface area contributed by atoms with Gasteiger partial charge in [0.1, 0.15) is 6.04 Å². The second-order valence-corrected chi connectivity index (χ2v) is 8.65. The van der Waals surface area contributed by atoms with Gasteiger partial charge in [0.15, 0.2) is 5.78 Å². The third kappa shape index (κ3) is 5.62. The minimum absolute atomic E-state index is 0.147. The van der Waals surface area contributed by atoms with E-state index in [-0.39, 0.29) is 29.7 Å². The van der Waals surface area contributed by atoms with Gasteiger partial charge in [0, 0.05) is 15.6 Å². The van der Waals surface area contributed by atoms with E-state index >= 15 is 0 Å². The lowest BCUT2D eigenvalue weighted by atomic mass is 10.00. The zero-order valence-corrected chi connectivity index (χ0v) is 17.8. The van der Waals surface area contributed by atoms with Crippen molar-refractivity contribution in [3.8, 4) is 0 Å². The summed E-state index contributed by atoms with van der Waals surface area (Å²) in [5.74, 6) is -1.06. The SMILES string of the molecule is COC(=O)CC(NC(=O)[C@@H]1CCCN1C(C)(C)C)C(=O)c1ccc(Br)cc1. The number of carbonyl (C=O) groups excluding carboxylic acids is 3. The van der Waals surface area contributed by atoms with Crippen molar-refractivity contribution in [2.24, 2.45) is 0 Å². The fourth-order valence-corrected chi connectivity index (χ4v) is 3.65. The van der Waals surface area contributed by atoms with Crippen LogP contribution in [0.4, 0.5) is 0 Å². The lowest BCUT2D eigenvalue weighted by Gasteiger charge is -2.36. The molecule has 2 atom stereocenters. The summed E-state index contributed by atoms with van der Waals surface area (Å²) >= 11 is 3.33. The van der Waals surface area contributed by atoms with Crippen molar-refractivity contribution in [3.05, 3.63) is 34.3 Å². The molecule has 2 rings (SSSR count). The molecule has 1 saturated heterocycles. The van der Waals surface area contributed by atoms with Crippen LogP contribution < -0.4 is 5.32 Å². The summed E-state index contributed by atoms with van der Waals surface area (Å²) < 4.78 is 5.55. The van der Waals surface area contributed by atoms with E-state index in [1.807, 2.05) is 0 Å². The van der Waals surface area contributed by atoms with E-state index in [1.165, 1.54) is 7.11 Å². The summed E-state index contributed by atoms with van der Waals surface area (Å²) in [4.78, 5) is 39.7. The van der Waals surface area contributed by atoms with Crippen molar-refractivity contribution in [1.29, 1.82) is 0 Å². The third-order valence-electron chi connectivity index (χ3n) is 4.78. The van der Waals surface area contributed by atoms with E-state index in [0.717, 1.165) is 23.9 Å². The first-order valence-corrected chi connectivity index (χ1v) is 9.86. The Kier molecular flexibility index (Phi) is 7.17. The van der Waals surface area contributed by atoms with Gasteiger partial charge < -0.3 is 10.1 Å². The average Bonchev–Trinajstić information content (AvgIpc) is 3.11. The standard InChI is InChI=1S/C20H27BrN2O4/c1-20(2,3)23-11-5-6-16(23)19(26)22-15(12-17(24)27-4)18(25)13-7-9-14(21)10-8-13/h7-10,15-16H,5-6,11-12H2,1-4H3,(H,22,26)/t15?,16-/m0/s1. The minimum atomic E-state index is -0.950. The summed E-state index contributed by atoms with van der Waals surface area (Å²) in [5.41, 5.74) is 0.290. The van der Waals surface area contributed by atoms with Crippen LogP contribution in [-0.4, -0.2) is 53.8 Å². The highest BCUT2D eigenvalue weighted by atomic mass is 79.9. The van der Waals surface area contributed by atoms with Gasteiger partial charge in [-0.1, -0.05) is 28.1 Å². The Balaban J connectivity index is 2.18. The number of hydrogen-bond donors (Lipinski definition) is 1. The first-order chi connectivity index (χ1) is 12.6. The highest BCUT2D eigenvalue weighted by Crippen LogP contribution is 2.26. The van der Waals surface area contributed by atoms with Crippen LogP contribution in [0.25, 0.3) is 0 Å². The van der Waals surface area contributed by atoms with Crippen LogP contribution in [0.3, 0.4) is 0 Å². The molecule has 1 heterocycles. The Morgan fingerprint density at radius 2 is 1.89 bits per heavy atom. The van der Waals surface area contributed by atoms with E-state index in [9.17, 15) is 14.4 Å². The van der Waals surface area contributed by atoms with E-state index in [2.05, 4.69) is 46.9 Å². The Hall–Kier alpha value is -1.73. The van der Waals surface area contributed by atoms with Crippen molar-refractivity contribution < 1.29 is 19.1 Å². The molecule has 0 radical (unpaired) electrons. The predicted molar refractivity (Wildman–Crippen MR) is 107 cm³/mol. The number of likely N-dealkylation sites (tertiary alicyclic amines) is 1. The fraction of sp³-hybridized carbons (Fsp3) is 0.550. The molecule has 1 fully saturated rings. The number of benzene rings is 1. The largest absolute Gasteiger partial charge is 0.469 e. The number of methoxy groups -OCH3 is 1. The van der Waals surface area contributed by atoms with Crippen LogP contribution in [0.5, 0.6) is 0 Å². The molecule has 1 aliphatic heterocycles.